The molecule has 0 aliphatic carbocycles. The molecule has 2 atom stereocenters. The third-order valence-electron chi connectivity index (χ3n) is 2.79. The Morgan fingerprint density at radius 1 is 1.39 bits per heavy atom. The lowest BCUT2D eigenvalue weighted by atomic mass is 9.92. The van der Waals surface area contributed by atoms with Crippen LogP contribution in [-0.2, 0) is 0 Å². The zero-order chi connectivity index (χ0) is 13.7. The van der Waals surface area contributed by atoms with Gasteiger partial charge < -0.3 is 5.32 Å². The van der Waals surface area contributed by atoms with Crippen molar-refractivity contribution < 1.29 is 0 Å². The van der Waals surface area contributed by atoms with Gasteiger partial charge in [0.1, 0.15) is 6.04 Å². The second-order valence-corrected chi connectivity index (χ2v) is 6.25. The van der Waals surface area contributed by atoms with Gasteiger partial charge in [-0.15, -0.1) is 0 Å². The molecule has 4 heteroatoms. The minimum atomic E-state index is -0.180. The summed E-state index contributed by atoms with van der Waals surface area (Å²) in [6.07, 6.45) is 1.03. The topological polar surface area (TPSA) is 35.8 Å². The van der Waals surface area contributed by atoms with Crippen molar-refractivity contribution >= 4 is 33.2 Å². The van der Waals surface area contributed by atoms with E-state index < -0.39 is 0 Å². The molecule has 0 spiro atoms. The van der Waals surface area contributed by atoms with Gasteiger partial charge in [0.05, 0.1) is 11.1 Å². The summed E-state index contributed by atoms with van der Waals surface area (Å²) in [5.74, 6) is 0.902. The van der Waals surface area contributed by atoms with E-state index >= 15 is 0 Å². The van der Waals surface area contributed by atoms with E-state index in [0.717, 1.165) is 16.6 Å². The molecular weight excluding hydrogens is 312 g/mol. The number of anilines is 1. The first-order chi connectivity index (χ1) is 8.43. The first-order valence-corrected chi connectivity index (χ1v) is 7.22. The highest BCUT2D eigenvalue weighted by molar-refractivity contribution is 9.10. The maximum Gasteiger partial charge on any atom is 0.117 e. The maximum atomic E-state index is 9.24. The lowest BCUT2D eigenvalue weighted by Gasteiger charge is -2.21. The van der Waals surface area contributed by atoms with Gasteiger partial charge in [-0.1, -0.05) is 32.4 Å². The molecule has 0 amide bonds. The zero-order valence-corrected chi connectivity index (χ0v) is 13.2. The minimum absolute atomic E-state index is 0.180. The molecule has 2 nitrogen and oxygen atoms in total. The Hall–Kier alpha value is -0.720. The van der Waals surface area contributed by atoms with Crippen LogP contribution in [0, 0.1) is 23.2 Å². The van der Waals surface area contributed by atoms with Crippen LogP contribution in [-0.4, -0.2) is 6.04 Å². The summed E-state index contributed by atoms with van der Waals surface area (Å²) in [7, 11) is 0. The first kappa shape index (κ1) is 15.3. The van der Waals surface area contributed by atoms with Crippen LogP contribution in [0.2, 0.25) is 5.02 Å². The lowest BCUT2D eigenvalue weighted by Crippen LogP contribution is -2.26. The van der Waals surface area contributed by atoms with Crippen LogP contribution < -0.4 is 5.32 Å². The van der Waals surface area contributed by atoms with E-state index in [2.05, 4.69) is 48.1 Å². The van der Waals surface area contributed by atoms with Gasteiger partial charge in [-0.05, 0) is 52.4 Å². The second-order valence-electron chi connectivity index (χ2n) is 4.99. The highest BCUT2D eigenvalue weighted by Gasteiger charge is 2.17. The largest absolute Gasteiger partial charge is 0.370 e. The summed E-state index contributed by atoms with van der Waals surface area (Å²) in [5.41, 5.74) is 0.911. The van der Waals surface area contributed by atoms with Gasteiger partial charge in [-0.3, -0.25) is 0 Å². The second kappa shape index (κ2) is 7.01. The van der Waals surface area contributed by atoms with Crippen molar-refractivity contribution in [2.24, 2.45) is 11.8 Å². The smallest absolute Gasteiger partial charge is 0.117 e. The molecule has 1 rings (SSSR count). The Kier molecular flexibility index (Phi) is 5.98. The molecule has 0 saturated carbocycles. The van der Waals surface area contributed by atoms with Crippen molar-refractivity contribution in [2.45, 2.75) is 33.2 Å². The van der Waals surface area contributed by atoms with Gasteiger partial charge >= 0.3 is 0 Å². The highest BCUT2D eigenvalue weighted by Crippen LogP contribution is 2.27. The number of nitriles is 1. The summed E-state index contributed by atoms with van der Waals surface area (Å²) in [4.78, 5) is 0. The molecule has 1 aromatic carbocycles. The number of halogens is 2. The molecule has 1 N–H and O–H groups in total. The molecule has 1 aromatic rings. The van der Waals surface area contributed by atoms with Crippen LogP contribution in [0.3, 0.4) is 0 Å². The number of nitrogens with one attached hydrogen (secondary N) is 1. The molecule has 0 aliphatic rings. The van der Waals surface area contributed by atoms with Crippen molar-refractivity contribution in [3.8, 4) is 6.07 Å². The van der Waals surface area contributed by atoms with E-state index in [9.17, 15) is 5.26 Å². The molecule has 0 bridgehead atoms. The van der Waals surface area contributed by atoms with Gasteiger partial charge in [0, 0.05) is 10.2 Å². The van der Waals surface area contributed by atoms with Crippen molar-refractivity contribution in [1.29, 1.82) is 5.26 Å². The number of hydrogen-bond donors (Lipinski definition) is 1. The summed E-state index contributed by atoms with van der Waals surface area (Å²) in [5, 5.41) is 13.2. The first-order valence-electron chi connectivity index (χ1n) is 6.05. The molecule has 2 unspecified atom stereocenters. The molecule has 0 heterocycles. The van der Waals surface area contributed by atoms with E-state index in [4.69, 9.17) is 11.6 Å². The number of rotatable bonds is 5. The quantitative estimate of drug-likeness (QED) is 0.816. The van der Waals surface area contributed by atoms with Crippen molar-refractivity contribution in [3.05, 3.63) is 27.7 Å². The Bertz CT molecular complexity index is 440. The van der Waals surface area contributed by atoms with E-state index in [1.54, 1.807) is 0 Å². The number of nitrogens with zero attached hydrogens (tertiary/aromatic N) is 1. The van der Waals surface area contributed by atoms with E-state index in [0.29, 0.717) is 16.9 Å². The van der Waals surface area contributed by atoms with E-state index in [-0.39, 0.29) is 6.04 Å². The fourth-order valence-corrected chi connectivity index (χ4v) is 2.44. The van der Waals surface area contributed by atoms with E-state index in [1.165, 1.54) is 0 Å². The van der Waals surface area contributed by atoms with Crippen LogP contribution in [0.25, 0.3) is 0 Å². The standard InChI is InChI=1S/C14H18BrClN2/c1-9(2)6-10(3)14(8-17)18-11-4-5-13(16)12(15)7-11/h4-5,7,9-10,14,18H,6H2,1-3H3. The van der Waals surface area contributed by atoms with E-state index in [1.807, 2.05) is 18.2 Å². The average molecular weight is 330 g/mol. The van der Waals surface area contributed by atoms with Crippen LogP contribution in [0.4, 0.5) is 5.69 Å². The Morgan fingerprint density at radius 2 is 2.06 bits per heavy atom. The summed E-state index contributed by atoms with van der Waals surface area (Å²) >= 11 is 9.32. The van der Waals surface area contributed by atoms with Crippen LogP contribution >= 0.6 is 27.5 Å². The van der Waals surface area contributed by atoms with Gasteiger partial charge in [0.15, 0.2) is 0 Å². The van der Waals surface area contributed by atoms with Crippen LogP contribution in [0.1, 0.15) is 27.2 Å². The van der Waals surface area contributed by atoms with Gasteiger partial charge in [0.2, 0.25) is 0 Å². The summed E-state index contributed by atoms with van der Waals surface area (Å²) < 4.78 is 0.836. The van der Waals surface area contributed by atoms with Crippen LogP contribution in [0.5, 0.6) is 0 Å². The molecule has 0 fully saturated rings. The predicted octanol–water partition coefficient (Wildman–Crippen LogP) is 5.09. The third kappa shape index (κ3) is 4.51. The molecule has 0 aliphatic heterocycles. The SMILES string of the molecule is CC(C)CC(C)C(C#N)Nc1ccc(Cl)c(Br)c1. The van der Waals surface area contributed by atoms with Crippen molar-refractivity contribution in [3.63, 3.8) is 0 Å². The fraction of sp³-hybridized carbons (Fsp3) is 0.500. The monoisotopic (exact) mass is 328 g/mol. The highest BCUT2D eigenvalue weighted by atomic mass is 79.9. The minimum Gasteiger partial charge on any atom is -0.370 e. The zero-order valence-electron chi connectivity index (χ0n) is 10.9. The lowest BCUT2D eigenvalue weighted by molar-refractivity contribution is 0.424. The fourth-order valence-electron chi connectivity index (χ4n) is 1.95. The molecular formula is C14H18BrClN2. The van der Waals surface area contributed by atoms with Gasteiger partial charge in [0.25, 0.3) is 0 Å². The van der Waals surface area contributed by atoms with Crippen LogP contribution in [0.15, 0.2) is 22.7 Å². The summed E-state index contributed by atoms with van der Waals surface area (Å²) in [6, 6.07) is 7.75. The Labute approximate surface area is 122 Å². The van der Waals surface area contributed by atoms with Gasteiger partial charge in [-0.25, -0.2) is 0 Å². The maximum absolute atomic E-state index is 9.24. The molecule has 0 aromatic heterocycles. The molecule has 0 radical (unpaired) electrons. The molecule has 98 valence electrons. The number of hydrogen-bond acceptors (Lipinski definition) is 2. The van der Waals surface area contributed by atoms with Crippen molar-refractivity contribution in [1.82, 2.24) is 0 Å². The molecule has 0 saturated heterocycles. The Morgan fingerprint density at radius 3 is 2.56 bits per heavy atom. The Balaban J connectivity index is 2.74. The molecule has 18 heavy (non-hydrogen) atoms. The normalized spacial score (nSPS) is 14.1. The van der Waals surface area contributed by atoms with Crippen molar-refractivity contribution in [2.75, 3.05) is 5.32 Å². The predicted molar refractivity (Wildman–Crippen MR) is 80.8 cm³/mol. The van der Waals surface area contributed by atoms with Gasteiger partial charge in [-0.2, -0.15) is 5.26 Å². The number of benzene rings is 1. The summed E-state index contributed by atoms with van der Waals surface area (Å²) in [6.45, 7) is 6.44. The third-order valence-corrected chi connectivity index (χ3v) is 4.01. The average Bonchev–Trinajstić information content (AvgIpc) is 2.29.